The molecule has 0 radical (unpaired) electrons. The van der Waals surface area contributed by atoms with Crippen molar-refractivity contribution in [3.05, 3.63) is 48.0 Å². The number of rotatable bonds is 4. The van der Waals surface area contributed by atoms with Gasteiger partial charge in [-0.25, -0.2) is 0 Å². The lowest BCUT2D eigenvalue weighted by Gasteiger charge is -2.13. The van der Waals surface area contributed by atoms with Crippen molar-refractivity contribution in [2.45, 2.75) is 0 Å². The van der Waals surface area contributed by atoms with Crippen LogP contribution in [0.1, 0.15) is 10.4 Å². The van der Waals surface area contributed by atoms with E-state index in [9.17, 15) is 4.79 Å². The van der Waals surface area contributed by atoms with E-state index in [4.69, 9.17) is 4.74 Å². The molecule has 0 saturated carbocycles. The molecule has 3 heteroatoms. The fraction of sp³-hybridized carbons (Fsp3) is 0.188. The zero-order valence-corrected chi connectivity index (χ0v) is 11.4. The molecule has 0 unspecified atom stereocenters. The molecule has 0 saturated heterocycles. The molecule has 0 aliphatic rings. The Labute approximate surface area is 113 Å². The molecule has 19 heavy (non-hydrogen) atoms. The summed E-state index contributed by atoms with van der Waals surface area (Å²) in [6.45, 7) is 0. The minimum absolute atomic E-state index is 0.566. The fourth-order valence-electron chi connectivity index (χ4n) is 1.96. The average molecular weight is 255 g/mol. The molecule has 2 aromatic rings. The Kier molecular flexibility index (Phi) is 3.85. The first kappa shape index (κ1) is 13.1. The Morgan fingerprint density at radius 1 is 1.00 bits per heavy atom. The standard InChI is InChI=1S/C16H17NO2/c1-17(2)15-7-4-12(5-8-15)13-6-9-16(19-3)14(10-13)11-18/h4-11H,1-3H3. The molecule has 0 heterocycles. The van der Waals surface area contributed by atoms with Crippen LogP contribution in [0.25, 0.3) is 11.1 Å². The predicted molar refractivity (Wildman–Crippen MR) is 78.1 cm³/mol. The number of hydrogen-bond donors (Lipinski definition) is 0. The first-order valence-corrected chi connectivity index (χ1v) is 6.06. The van der Waals surface area contributed by atoms with Gasteiger partial charge in [0.15, 0.2) is 6.29 Å². The number of ether oxygens (including phenoxy) is 1. The molecule has 0 fully saturated rings. The van der Waals surface area contributed by atoms with Gasteiger partial charge in [-0.1, -0.05) is 18.2 Å². The van der Waals surface area contributed by atoms with Crippen molar-refractivity contribution >= 4 is 12.0 Å². The van der Waals surface area contributed by atoms with Crippen LogP contribution in [0.5, 0.6) is 5.75 Å². The van der Waals surface area contributed by atoms with Crippen molar-refractivity contribution in [2.75, 3.05) is 26.1 Å². The topological polar surface area (TPSA) is 29.5 Å². The van der Waals surface area contributed by atoms with Gasteiger partial charge < -0.3 is 9.64 Å². The van der Waals surface area contributed by atoms with Gasteiger partial charge in [0.1, 0.15) is 5.75 Å². The molecule has 0 atom stereocenters. The van der Waals surface area contributed by atoms with Crippen molar-refractivity contribution in [1.29, 1.82) is 0 Å². The third-order valence-electron chi connectivity index (χ3n) is 3.07. The lowest BCUT2D eigenvalue weighted by molar-refractivity contribution is 0.112. The maximum atomic E-state index is 11.0. The highest BCUT2D eigenvalue weighted by Crippen LogP contribution is 2.27. The lowest BCUT2D eigenvalue weighted by atomic mass is 10.0. The highest BCUT2D eigenvalue weighted by Gasteiger charge is 2.05. The largest absolute Gasteiger partial charge is 0.496 e. The van der Waals surface area contributed by atoms with Gasteiger partial charge in [-0.3, -0.25) is 4.79 Å². The minimum atomic E-state index is 0.566. The normalized spacial score (nSPS) is 10.1. The van der Waals surface area contributed by atoms with Gasteiger partial charge in [0.2, 0.25) is 0 Å². The van der Waals surface area contributed by atoms with Gasteiger partial charge in [0.25, 0.3) is 0 Å². The Morgan fingerprint density at radius 2 is 1.63 bits per heavy atom. The van der Waals surface area contributed by atoms with Gasteiger partial charge in [0.05, 0.1) is 12.7 Å². The van der Waals surface area contributed by atoms with Crippen LogP contribution >= 0.6 is 0 Å². The summed E-state index contributed by atoms with van der Waals surface area (Å²) in [4.78, 5) is 13.1. The Morgan fingerprint density at radius 3 is 2.16 bits per heavy atom. The van der Waals surface area contributed by atoms with Crippen LogP contribution in [0.4, 0.5) is 5.69 Å². The van der Waals surface area contributed by atoms with Crippen molar-refractivity contribution < 1.29 is 9.53 Å². The molecule has 0 bridgehead atoms. The summed E-state index contributed by atoms with van der Waals surface area (Å²) < 4.78 is 5.14. The van der Waals surface area contributed by atoms with E-state index in [0.717, 1.165) is 23.1 Å². The smallest absolute Gasteiger partial charge is 0.153 e. The predicted octanol–water partition coefficient (Wildman–Crippen LogP) is 3.24. The average Bonchev–Trinajstić information content (AvgIpc) is 2.46. The third-order valence-corrected chi connectivity index (χ3v) is 3.07. The summed E-state index contributed by atoms with van der Waals surface area (Å²) in [5.41, 5.74) is 3.80. The molecular formula is C16H17NO2. The summed E-state index contributed by atoms with van der Waals surface area (Å²) >= 11 is 0. The van der Waals surface area contributed by atoms with Gasteiger partial charge in [-0.2, -0.15) is 0 Å². The van der Waals surface area contributed by atoms with E-state index < -0.39 is 0 Å². The Bertz CT molecular complexity index is 574. The number of aldehydes is 1. The molecule has 0 aliphatic heterocycles. The molecular weight excluding hydrogens is 238 g/mol. The van der Waals surface area contributed by atoms with Crippen LogP contribution in [0.2, 0.25) is 0 Å². The number of hydrogen-bond acceptors (Lipinski definition) is 3. The van der Waals surface area contributed by atoms with Crippen molar-refractivity contribution in [3.63, 3.8) is 0 Å². The van der Waals surface area contributed by atoms with Gasteiger partial charge in [0, 0.05) is 19.8 Å². The first-order chi connectivity index (χ1) is 9.15. The van der Waals surface area contributed by atoms with Crippen molar-refractivity contribution in [2.24, 2.45) is 0 Å². The number of benzene rings is 2. The van der Waals surface area contributed by atoms with Crippen LogP contribution < -0.4 is 9.64 Å². The molecule has 0 N–H and O–H groups in total. The van der Waals surface area contributed by atoms with Crippen LogP contribution in [-0.2, 0) is 0 Å². The molecule has 0 spiro atoms. The second-order valence-corrected chi connectivity index (χ2v) is 4.52. The van der Waals surface area contributed by atoms with E-state index in [1.165, 1.54) is 0 Å². The second kappa shape index (κ2) is 5.57. The first-order valence-electron chi connectivity index (χ1n) is 6.06. The summed E-state index contributed by atoms with van der Waals surface area (Å²) in [6, 6.07) is 13.8. The molecule has 0 aliphatic carbocycles. The minimum Gasteiger partial charge on any atom is -0.496 e. The molecule has 3 nitrogen and oxygen atoms in total. The third kappa shape index (κ3) is 2.76. The van der Waals surface area contributed by atoms with E-state index in [2.05, 4.69) is 17.0 Å². The molecule has 2 rings (SSSR count). The SMILES string of the molecule is COc1ccc(-c2ccc(N(C)C)cc2)cc1C=O. The summed E-state index contributed by atoms with van der Waals surface area (Å²) in [7, 11) is 5.58. The second-order valence-electron chi connectivity index (χ2n) is 4.52. The van der Waals surface area contributed by atoms with Crippen LogP contribution in [0, 0.1) is 0 Å². The van der Waals surface area contributed by atoms with E-state index >= 15 is 0 Å². The molecule has 0 aromatic heterocycles. The number of anilines is 1. The molecule has 98 valence electrons. The van der Waals surface area contributed by atoms with E-state index in [0.29, 0.717) is 11.3 Å². The highest BCUT2D eigenvalue weighted by atomic mass is 16.5. The van der Waals surface area contributed by atoms with E-state index in [1.54, 1.807) is 7.11 Å². The van der Waals surface area contributed by atoms with Gasteiger partial charge in [-0.15, -0.1) is 0 Å². The van der Waals surface area contributed by atoms with Crippen LogP contribution in [-0.4, -0.2) is 27.5 Å². The lowest BCUT2D eigenvalue weighted by Crippen LogP contribution is -2.07. The van der Waals surface area contributed by atoms with E-state index in [1.807, 2.05) is 44.4 Å². The fourth-order valence-corrected chi connectivity index (χ4v) is 1.96. The monoisotopic (exact) mass is 255 g/mol. The zero-order valence-electron chi connectivity index (χ0n) is 11.4. The van der Waals surface area contributed by atoms with Gasteiger partial charge in [-0.05, 0) is 35.4 Å². The number of nitrogens with zero attached hydrogens (tertiary/aromatic N) is 1. The molecule has 2 aromatic carbocycles. The summed E-state index contributed by atoms with van der Waals surface area (Å²) in [6.07, 6.45) is 0.816. The Balaban J connectivity index is 2.38. The van der Waals surface area contributed by atoms with E-state index in [-0.39, 0.29) is 0 Å². The number of carbonyl (C=O) groups excluding carboxylic acids is 1. The number of methoxy groups -OCH3 is 1. The summed E-state index contributed by atoms with van der Waals surface area (Å²) in [5, 5.41) is 0. The number of carbonyl (C=O) groups is 1. The molecule has 0 amide bonds. The van der Waals surface area contributed by atoms with Crippen LogP contribution in [0.15, 0.2) is 42.5 Å². The quantitative estimate of drug-likeness (QED) is 0.785. The van der Waals surface area contributed by atoms with Crippen LogP contribution in [0.3, 0.4) is 0 Å². The van der Waals surface area contributed by atoms with Crippen molar-refractivity contribution in [1.82, 2.24) is 0 Å². The van der Waals surface area contributed by atoms with Gasteiger partial charge >= 0.3 is 0 Å². The maximum Gasteiger partial charge on any atom is 0.153 e. The zero-order chi connectivity index (χ0) is 13.8. The van der Waals surface area contributed by atoms with Crippen molar-refractivity contribution in [3.8, 4) is 16.9 Å². The highest BCUT2D eigenvalue weighted by molar-refractivity contribution is 5.83. The maximum absolute atomic E-state index is 11.0. The summed E-state index contributed by atoms with van der Waals surface area (Å²) in [5.74, 6) is 0.601. The Hall–Kier alpha value is -2.29.